The summed E-state index contributed by atoms with van der Waals surface area (Å²) in [6.07, 6.45) is 0.362. The molecular weight excluding hydrogens is 368 g/mol. The van der Waals surface area contributed by atoms with Crippen LogP contribution in [0.3, 0.4) is 0 Å². The van der Waals surface area contributed by atoms with Crippen LogP contribution in [0.25, 0.3) is 11.0 Å². The smallest absolute Gasteiger partial charge is 0.305 e. The normalized spacial score (nSPS) is 14.7. The summed E-state index contributed by atoms with van der Waals surface area (Å²) in [4.78, 5) is 28.0. The zero-order valence-electron chi connectivity index (χ0n) is 16.2. The van der Waals surface area contributed by atoms with E-state index in [0.29, 0.717) is 12.0 Å². The summed E-state index contributed by atoms with van der Waals surface area (Å²) in [7, 11) is 0. The van der Waals surface area contributed by atoms with Gasteiger partial charge in [0, 0.05) is 11.1 Å². The van der Waals surface area contributed by atoms with Crippen molar-refractivity contribution in [1.82, 2.24) is 10.9 Å². The topological polar surface area (TPSA) is 79.0 Å². The van der Waals surface area contributed by atoms with E-state index in [1.807, 2.05) is 24.3 Å². The van der Waals surface area contributed by atoms with Crippen LogP contribution in [-0.4, -0.2) is 44.5 Å². The first-order chi connectivity index (χ1) is 14.2. The number of fused-ring (bicyclic) bond motifs is 1. The average molecular weight is 393 g/mol. The molecule has 2 heterocycles. The molecule has 7 nitrogen and oxygen atoms in total. The lowest BCUT2D eigenvalue weighted by Crippen LogP contribution is -3.15. The molecule has 1 aliphatic rings. The van der Waals surface area contributed by atoms with E-state index in [2.05, 4.69) is 40.0 Å². The largest absolute Gasteiger partial charge is 0.451 e. The van der Waals surface area contributed by atoms with Crippen LogP contribution >= 0.6 is 0 Å². The first-order valence-corrected chi connectivity index (χ1v) is 9.90. The monoisotopic (exact) mass is 393 g/mol. The van der Waals surface area contributed by atoms with Gasteiger partial charge in [-0.3, -0.25) is 20.4 Å². The molecule has 0 aliphatic carbocycles. The number of piperazine rings is 1. The number of hydrogen-bond acceptors (Lipinski definition) is 4. The van der Waals surface area contributed by atoms with Gasteiger partial charge in [-0.15, -0.1) is 0 Å². The minimum absolute atomic E-state index is 0.175. The predicted molar refractivity (Wildman–Crippen MR) is 111 cm³/mol. The lowest BCUT2D eigenvalue weighted by atomic mass is 10.2. The molecule has 29 heavy (non-hydrogen) atoms. The number of amides is 2. The standard InChI is InChI=1S/C22H24N4O3/c27-21(23-24-22(28)20-16-17-6-4-5-9-19(17)29-20)10-11-25-12-14-26(15-13-25)18-7-2-1-3-8-18/h1-9,16H,10-15H2,(H,23,27)(H,24,28)/p+1. The fourth-order valence-electron chi connectivity index (χ4n) is 3.60. The Morgan fingerprint density at radius 1 is 0.966 bits per heavy atom. The van der Waals surface area contributed by atoms with Crippen molar-refractivity contribution in [2.45, 2.75) is 6.42 Å². The van der Waals surface area contributed by atoms with Crippen LogP contribution in [0.1, 0.15) is 17.0 Å². The summed E-state index contributed by atoms with van der Waals surface area (Å²) >= 11 is 0. The number of quaternary nitrogens is 1. The Bertz CT molecular complexity index is 945. The minimum atomic E-state index is -0.460. The van der Waals surface area contributed by atoms with Crippen LogP contribution < -0.4 is 20.7 Å². The Labute approximate surface area is 169 Å². The Hall–Kier alpha value is -3.32. The fourth-order valence-corrected chi connectivity index (χ4v) is 3.60. The van der Waals surface area contributed by atoms with Gasteiger partial charge in [-0.2, -0.15) is 0 Å². The number of hydrogen-bond donors (Lipinski definition) is 3. The van der Waals surface area contributed by atoms with E-state index >= 15 is 0 Å². The average Bonchev–Trinajstić information content (AvgIpc) is 3.21. The second-order valence-electron chi connectivity index (χ2n) is 7.22. The number of furan rings is 1. The van der Waals surface area contributed by atoms with E-state index in [1.165, 1.54) is 10.6 Å². The molecular formula is C22H25N4O3+. The molecule has 2 amide bonds. The molecule has 3 N–H and O–H groups in total. The Morgan fingerprint density at radius 3 is 2.45 bits per heavy atom. The highest BCUT2D eigenvalue weighted by atomic mass is 16.3. The molecule has 0 spiro atoms. The molecule has 4 rings (SSSR count). The van der Waals surface area contributed by atoms with Gasteiger partial charge >= 0.3 is 5.91 Å². The second-order valence-corrected chi connectivity index (χ2v) is 7.22. The molecule has 0 bridgehead atoms. The van der Waals surface area contributed by atoms with Crippen LogP contribution in [0.15, 0.2) is 65.1 Å². The molecule has 2 aromatic carbocycles. The van der Waals surface area contributed by atoms with Crippen molar-refractivity contribution >= 4 is 28.5 Å². The van der Waals surface area contributed by atoms with Gasteiger partial charge in [0.1, 0.15) is 5.58 Å². The minimum Gasteiger partial charge on any atom is -0.451 e. The lowest BCUT2D eigenvalue weighted by molar-refractivity contribution is -0.900. The van der Waals surface area contributed by atoms with E-state index in [9.17, 15) is 9.59 Å². The SMILES string of the molecule is O=C(CC[NH+]1CCN(c2ccccc2)CC1)NNC(=O)c1cc2ccccc2o1. The summed E-state index contributed by atoms with van der Waals surface area (Å²) in [5.74, 6) is -0.486. The van der Waals surface area contributed by atoms with Crippen molar-refractivity contribution in [3.8, 4) is 0 Å². The number of hydrazine groups is 1. The number of nitrogens with zero attached hydrogens (tertiary/aromatic N) is 1. The molecule has 1 saturated heterocycles. The maximum Gasteiger partial charge on any atom is 0.305 e. The molecule has 0 saturated carbocycles. The quantitative estimate of drug-likeness (QED) is 0.565. The molecule has 150 valence electrons. The van der Waals surface area contributed by atoms with E-state index in [1.54, 1.807) is 12.1 Å². The first-order valence-electron chi connectivity index (χ1n) is 9.90. The van der Waals surface area contributed by atoms with Crippen molar-refractivity contribution in [2.75, 3.05) is 37.6 Å². The summed E-state index contributed by atoms with van der Waals surface area (Å²) in [5.41, 5.74) is 6.79. The number of rotatable bonds is 5. The Balaban J connectivity index is 1.18. The second kappa shape index (κ2) is 8.79. The van der Waals surface area contributed by atoms with Crippen LogP contribution in [-0.2, 0) is 4.79 Å². The Morgan fingerprint density at radius 2 is 1.69 bits per heavy atom. The van der Waals surface area contributed by atoms with Crippen molar-refractivity contribution in [3.63, 3.8) is 0 Å². The molecule has 3 aromatic rings. The highest BCUT2D eigenvalue weighted by Crippen LogP contribution is 2.18. The lowest BCUT2D eigenvalue weighted by Gasteiger charge is -2.33. The van der Waals surface area contributed by atoms with Gasteiger partial charge in [0.2, 0.25) is 5.91 Å². The number of benzene rings is 2. The molecule has 1 fully saturated rings. The van der Waals surface area contributed by atoms with Gasteiger partial charge in [-0.05, 0) is 24.3 Å². The third-order valence-corrected chi connectivity index (χ3v) is 5.26. The zero-order valence-corrected chi connectivity index (χ0v) is 16.2. The van der Waals surface area contributed by atoms with E-state index in [4.69, 9.17) is 4.42 Å². The van der Waals surface area contributed by atoms with Crippen molar-refractivity contribution in [2.24, 2.45) is 0 Å². The van der Waals surface area contributed by atoms with Crippen molar-refractivity contribution in [3.05, 3.63) is 66.4 Å². The summed E-state index contributed by atoms with van der Waals surface area (Å²) < 4.78 is 5.49. The van der Waals surface area contributed by atoms with Crippen LogP contribution in [0, 0.1) is 0 Å². The zero-order chi connectivity index (χ0) is 20.1. The summed E-state index contributed by atoms with van der Waals surface area (Å²) in [6.45, 7) is 4.68. The highest BCUT2D eigenvalue weighted by molar-refractivity contribution is 5.96. The number of nitrogens with one attached hydrogen (secondary N) is 3. The third-order valence-electron chi connectivity index (χ3n) is 5.26. The predicted octanol–water partition coefficient (Wildman–Crippen LogP) is 0.989. The van der Waals surface area contributed by atoms with Gasteiger partial charge in [-0.1, -0.05) is 36.4 Å². The van der Waals surface area contributed by atoms with Crippen LogP contribution in [0.2, 0.25) is 0 Å². The van der Waals surface area contributed by atoms with Crippen molar-refractivity contribution < 1.29 is 18.9 Å². The summed E-state index contributed by atoms with van der Waals surface area (Å²) in [6, 6.07) is 19.4. The molecule has 0 unspecified atom stereocenters. The molecule has 0 atom stereocenters. The fraction of sp³-hybridized carbons (Fsp3) is 0.273. The Kier molecular flexibility index (Phi) is 5.76. The molecule has 1 aromatic heterocycles. The summed E-state index contributed by atoms with van der Waals surface area (Å²) in [5, 5.41) is 0.849. The third kappa shape index (κ3) is 4.75. The van der Waals surface area contributed by atoms with E-state index in [-0.39, 0.29) is 11.7 Å². The van der Waals surface area contributed by atoms with Gasteiger partial charge in [0.15, 0.2) is 5.76 Å². The van der Waals surface area contributed by atoms with Crippen LogP contribution in [0.5, 0.6) is 0 Å². The number of carbonyl (C=O) groups excluding carboxylic acids is 2. The number of carbonyl (C=O) groups is 2. The van der Waals surface area contributed by atoms with E-state index in [0.717, 1.165) is 38.1 Å². The van der Waals surface area contributed by atoms with Crippen molar-refractivity contribution in [1.29, 1.82) is 0 Å². The van der Waals surface area contributed by atoms with Gasteiger partial charge in [-0.25, -0.2) is 0 Å². The highest BCUT2D eigenvalue weighted by Gasteiger charge is 2.21. The molecule has 1 aliphatic heterocycles. The first kappa shape index (κ1) is 19.0. The van der Waals surface area contributed by atoms with Gasteiger partial charge < -0.3 is 14.2 Å². The van der Waals surface area contributed by atoms with E-state index < -0.39 is 5.91 Å². The maximum atomic E-state index is 12.2. The van der Waals surface area contributed by atoms with Gasteiger partial charge in [0.05, 0.1) is 39.1 Å². The number of anilines is 1. The maximum absolute atomic E-state index is 12.2. The molecule has 0 radical (unpaired) electrons. The number of para-hydroxylation sites is 2. The van der Waals surface area contributed by atoms with Crippen LogP contribution in [0.4, 0.5) is 5.69 Å². The molecule has 7 heteroatoms. The van der Waals surface area contributed by atoms with Gasteiger partial charge in [0.25, 0.3) is 0 Å².